The molecule has 1 aliphatic rings. The normalized spacial score (nSPS) is 18.4. The SMILES string of the molecule is CCOC(=O)[C@@H]1CCCN(C(=O)c2cc(C(C)=O)c[nH]2)C1. The molecule has 1 aromatic rings. The van der Waals surface area contributed by atoms with Crippen LogP contribution in [0.1, 0.15) is 47.5 Å². The molecule has 1 N–H and O–H groups in total. The van der Waals surface area contributed by atoms with E-state index >= 15 is 0 Å². The molecule has 21 heavy (non-hydrogen) atoms. The predicted molar refractivity (Wildman–Crippen MR) is 76.1 cm³/mol. The van der Waals surface area contributed by atoms with Crippen LogP contribution in [0.2, 0.25) is 0 Å². The fourth-order valence-corrected chi connectivity index (χ4v) is 2.51. The summed E-state index contributed by atoms with van der Waals surface area (Å²) < 4.78 is 5.02. The fraction of sp³-hybridized carbons (Fsp3) is 0.533. The first-order valence-corrected chi connectivity index (χ1v) is 7.18. The lowest BCUT2D eigenvalue weighted by Crippen LogP contribution is -2.42. The van der Waals surface area contributed by atoms with Gasteiger partial charge in [-0.05, 0) is 32.8 Å². The van der Waals surface area contributed by atoms with Gasteiger partial charge in [0, 0.05) is 24.8 Å². The van der Waals surface area contributed by atoms with Crippen molar-refractivity contribution in [2.45, 2.75) is 26.7 Å². The van der Waals surface area contributed by atoms with Gasteiger partial charge in [-0.2, -0.15) is 0 Å². The first kappa shape index (κ1) is 15.3. The van der Waals surface area contributed by atoms with Crippen molar-refractivity contribution in [1.82, 2.24) is 9.88 Å². The second-order valence-electron chi connectivity index (χ2n) is 5.20. The van der Waals surface area contributed by atoms with Gasteiger partial charge in [0.2, 0.25) is 0 Å². The van der Waals surface area contributed by atoms with Crippen molar-refractivity contribution in [2.24, 2.45) is 5.92 Å². The van der Waals surface area contributed by atoms with E-state index in [1.165, 1.54) is 13.1 Å². The van der Waals surface area contributed by atoms with Crippen molar-refractivity contribution in [3.63, 3.8) is 0 Å². The summed E-state index contributed by atoms with van der Waals surface area (Å²) in [4.78, 5) is 39.9. The van der Waals surface area contributed by atoms with Crippen LogP contribution < -0.4 is 0 Å². The maximum Gasteiger partial charge on any atom is 0.310 e. The Labute approximate surface area is 123 Å². The summed E-state index contributed by atoms with van der Waals surface area (Å²) in [6, 6.07) is 1.55. The lowest BCUT2D eigenvalue weighted by molar-refractivity contribution is -0.149. The van der Waals surface area contributed by atoms with Crippen molar-refractivity contribution < 1.29 is 19.1 Å². The van der Waals surface area contributed by atoms with Gasteiger partial charge in [-0.15, -0.1) is 0 Å². The van der Waals surface area contributed by atoms with Crippen LogP contribution in [0.3, 0.4) is 0 Å². The summed E-state index contributed by atoms with van der Waals surface area (Å²) in [5.41, 5.74) is 0.863. The highest BCUT2D eigenvalue weighted by Crippen LogP contribution is 2.20. The number of aromatic amines is 1. The molecule has 1 aliphatic heterocycles. The van der Waals surface area contributed by atoms with E-state index < -0.39 is 0 Å². The average molecular weight is 292 g/mol. The first-order valence-electron chi connectivity index (χ1n) is 7.18. The molecule has 0 spiro atoms. The van der Waals surface area contributed by atoms with Crippen LogP contribution in [0.15, 0.2) is 12.3 Å². The smallest absolute Gasteiger partial charge is 0.310 e. The highest BCUT2D eigenvalue weighted by atomic mass is 16.5. The standard InChI is InChI=1S/C15H20N2O4/c1-3-21-15(20)11-5-4-6-17(9-11)14(19)13-7-12(8-16-13)10(2)18/h7-8,11,16H,3-6,9H2,1-2H3/t11-/m1/s1. The summed E-state index contributed by atoms with van der Waals surface area (Å²) in [6.45, 7) is 4.55. The number of esters is 1. The van der Waals surface area contributed by atoms with Crippen LogP contribution in [-0.2, 0) is 9.53 Å². The quantitative estimate of drug-likeness (QED) is 0.675. The maximum absolute atomic E-state index is 12.4. The molecule has 2 rings (SSSR count). The predicted octanol–water partition coefficient (Wildman–Crippen LogP) is 1.63. The number of H-pyrrole nitrogens is 1. The Morgan fingerprint density at radius 3 is 2.81 bits per heavy atom. The van der Waals surface area contributed by atoms with E-state index in [4.69, 9.17) is 4.74 Å². The van der Waals surface area contributed by atoms with Crippen LogP contribution in [0.4, 0.5) is 0 Å². The summed E-state index contributed by atoms with van der Waals surface area (Å²) in [6.07, 6.45) is 3.05. The van der Waals surface area contributed by atoms with Gasteiger partial charge in [0.15, 0.2) is 5.78 Å². The number of aromatic nitrogens is 1. The molecule has 0 aliphatic carbocycles. The third-order valence-electron chi connectivity index (χ3n) is 3.65. The molecule has 6 nitrogen and oxygen atoms in total. The van der Waals surface area contributed by atoms with Gasteiger partial charge < -0.3 is 14.6 Å². The summed E-state index contributed by atoms with van der Waals surface area (Å²) >= 11 is 0. The van der Waals surface area contributed by atoms with Crippen molar-refractivity contribution in [1.29, 1.82) is 0 Å². The number of Topliss-reactive ketones (excluding diaryl/α,β-unsaturated/α-hetero) is 1. The number of rotatable bonds is 4. The van der Waals surface area contributed by atoms with Crippen LogP contribution in [-0.4, -0.2) is 47.2 Å². The molecule has 1 atom stereocenters. The van der Waals surface area contributed by atoms with Crippen LogP contribution >= 0.6 is 0 Å². The molecule has 0 radical (unpaired) electrons. The Bertz CT molecular complexity index is 550. The first-order chi connectivity index (χ1) is 10.0. The second-order valence-corrected chi connectivity index (χ2v) is 5.20. The largest absolute Gasteiger partial charge is 0.466 e. The number of carbonyl (C=O) groups is 3. The Hall–Kier alpha value is -2.11. The van der Waals surface area contributed by atoms with Crippen LogP contribution in [0.25, 0.3) is 0 Å². The number of ketones is 1. The number of hydrogen-bond acceptors (Lipinski definition) is 4. The maximum atomic E-state index is 12.4. The Morgan fingerprint density at radius 1 is 1.43 bits per heavy atom. The fourth-order valence-electron chi connectivity index (χ4n) is 2.51. The van der Waals surface area contributed by atoms with Gasteiger partial charge in [-0.3, -0.25) is 14.4 Å². The molecule has 0 unspecified atom stereocenters. The number of likely N-dealkylation sites (tertiary alicyclic amines) is 1. The van der Waals surface area contributed by atoms with Gasteiger partial charge in [0.05, 0.1) is 12.5 Å². The lowest BCUT2D eigenvalue weighted by atomic mass is 9.98. The van der Waals surface area contributed by atoms with E-state index in [1.807, 2.05) is 0 Å². The van der Waals surface area contributed by atoms with E-state index in [2.05, 4.69) is 4.98 Å². The van der Waals surface area contributed by atoms with E-state index in [1.54, 1.807) is 17.9 Å². The minimum atomic E-state index is -0.259. The van der Waals surface area contributed by atoms with Gasteiger partial charge in [0.25, 0.3) is 5.91 Å². The summed E-state index contributed by atoms with van der Waals surface area (Å²) in [5.74, 6) is -0.777. The molecule has 1 aromatic heterocycles. The Morgan fingerprint density at radius 2 is 2.19 bits per heavy atom. The minimum absolute atomic E-state index is 0.0895. The van der Waals surface area contributed by atoms with Gasteiger partial charge in [0.1, 0.15) is 5.69 Å². The highest BCUT2D eigenvalue weighted by molar-refractivity contribution is 5.99. The third-order valence-corrected chi connectivity index (χ3v) is 3.65. The average Bonchev–Trinajstić information content (AvgIpc) is 2.97. The van der Waals surface area contributed by atoms with Gasteiger partial charge >= 0.3 is 5.97 Å². The third kappa shape index (κ3) is 3.51. The Balaban J connectivity index is 2.04. The number of amides is 1. The summed E-state index contributed by atoms with van der Waals surface area (Å²) in [5, 5.41) is 0. The molecule has 1 amide bonds. The van der Waals surface area contributed by atoms with Crippen LogP contribution in [0, 0.1) is 5.92 Å². The molecule has 0 saturated carbocycles. The highest BCUT2D eigenvalue weighted by Gasteiger charge is 2.30. The molecular weight excluding hydrogens is 272 g/mol. The van der Waals surface area contributed by atoms with Gasteiger partial charge in [-0.25, -0.2) is 0 Å². The van der Waals surface area contributed by atoms with E-state index in [9.17, 15) is 14.4 Å². The molecule has 114 valence electrons. The number of hydrogen-bond donors (Lipinski definition) is 1. The number of piperidine rings is 1. The van der Waals surface area contributed by atoms with Crippen molar-refractivity contribution in [2.75, 3.05) is 19.7 Å². The van der Waals surface area contributed by atoms with E-state index in [-0.39, 0.29) is 23.6 Å². The zero-order valence-electron chi connectivity index (χ0n) is 12.3. The van der Waals surface area contributed by atoms with Crippen LogP contribution in [0.5, 0.6) is 0 Å². The van der Waals surface area contributed by atoms with Crippen molar-refractivity contribution >= 4 is 17.7 Å². The van der Waals surface area contributed by atoms with E-state index in [0.29, 0.717) is 31.0 Å². The monoisotopic (exact) mass is 292 g/mol. The molecule has 0 aromatic carbocycles. The number of nitrogens with zero attached hydrogens (tertiary/aromatic N) is 1. The second kappa shape index (κ2) is 6.56. The molecule has 6 heteroatoms. The molecule has 1 fully saturated rings. The molecular formula is C15H20N2O4. The topological polar surface area (TPSA) is 79.5 Å². The lowest BCUT2D eigenvalue weighted by Gasteiger charge is -2.31. The minimum Gasteiger partial charge on any atom is -0.466 e. The number of carbonyl (C=O) groups excluding carboxylic acids is 3. The van der Waals surface area contributed by atoms with Crippen molar-refractivity contribution in [3.8, 4) is 0 Å². The molecule has 2 heterocycles. The zero-order valence-corrected chi connectivity index (χ0v) is 12.3. The van der Waals surface area contributed by atoms with Gasteiger partial charge in [-0.1, -0.05) is 0 Å². The number of nitrogens with one attached hydrogen (secondary N) is 1. The van der Waals surface area contributed by atoms with Crippen molar-refractivity contribution in [3.05, 3.63) is 23.5 Å². The Kier molecular flexibility index (Phi) is 4.77. The van der Waals surface area contributed by atoms with E-state index in [0.717, 1.165) is 12.8 Å². The molecule has 1 saturated heterocycles. The number of ether oxygens (including phenoxy) is 1. The molecule has 0 bridgehead atoms. The summed E-state index contributed by atoms with van der Waals surface area (Å²) in [7, 11) is 0. The zero-order chi connectivity index (χ0) is 15.4.